The Bertz CT molecular complexity index is 631. The molecule has 1 saturated heterocycles. The molecular weight excluding hydrogens is 342 g/mol. The van der Waals surface area contributed by atoms with Crippen LogP contribution >= 0.6 is 12.4 Å². The largest absolute Gasteiger partial charge is 0.438 e. The normalized spacial score (nSPS) is 19.0. The van der Waals surface area contributed by atoms with Crippen LogP contribution < -0.4 is 15.4 Å². The van der Waals surface area contributed by atoms with Crippen molar-refractivity contribution in [1.29, 1.82) is 0 Å². The first-order valence-corrected chi connectivity index (χ1v) is 8.81. The second kappa shape index (κ2) is 7.65. The van der Waals surface area contributed by atoms with Crippen LogP contribution in [0.25, 0.3) is 0 Å². The highest BCUT2D eigenvalue weighted by Crippen LogP contribution is 2.16. The molecule has 1 amide bonds. The molecule has 1 aliphatic heterocycles. The molecule has 1 fully saturated rings. The van der Waals surface area contributed by atoms with Gasteiger partial charge >= 0.3 is 0 Å². The number of amides is 1. The maximum atomic E-state index is 12.1. The highest BCUT2D eigenvalue weighted by molar-refractivity contribution is 7.89. The minimum Gasteiger partial charge on any atom is -0.438 e. The summed E-state index contributed by atoms with van der Waals surface area (Å²) in [6, 6.07) is 2.71. The Morgan fingerprint density at radius 1 is 1.35 bits per heavy atom. The van der Waals surface area contributed by atoms with E-state index in [9.17, 15) is 13.2 Å². The van der Waals surface area contributed by atoms with Crippen LogP contribution in [0.3, 0.4) is 0 Å². The van der Waals surface area contributed by atoms with Crippen molar-refractivity contribution in [3.63, 3.8) is 0 Å². The van der Waals surface area contributed by atoms with E-state index >= 15 is 0 Å². The highest BCUT2D eigenvalue weighted by atomic mass is 35.5. The smallest absolute Gasteiger partial charge is 0.287 e. The molecular formula is C14H24ClN3O4S. The van der Waals surface area contributed by atoms with Crippen molar-refractivity contribution in [1.82, 2.24) is 15.4 Å². The monoisotopic (exact) mass is 365 g/mol. The molecule has 2 rings (SSSR count). The Morgan fingerprint density at radius 2 is 2.04 bits per heavy atom. The number of sulfonamides is 1. The van der Waals surface area contributed by atoms with Crippen molar-refractivity contribution in [2.24, 2.45) is 0 Å². The second-order valence-corrected chi connectivity index (χ2v) is 8.10. The summed E-state index contributed by atoms with van der Waals surface area (Å²) >= 11 is 0. The van der Waals surface area contributed by atoms with Gasteiger partial charge in [-0.1, -0.05) is 0 Å². The fraction of sp³-hybridized carbons (Fsp3) is 0.643. The molecule has 0 aromatic carbocycles. The third-order valence-corrected chi connectivity index (χ3v) is 4.77. The molecule has 0 spiro atoms. The van der Waals surface area contributed by atoms with Gasteiger partial charge in [0.25, 0.3) is 15.9 Å². The minimum atomic E-state index is -3.77. The lowest BCUT2D eigenvalue weighted by Gasteiger charge is -2.23. The predicted octanol–water partition coefficient (Wildman–Crippen LogP) is 1.26. The summed E-state index contributed by atoms with van der Waals surface area (Å²) in [6.45, 7) is 6.86. The molecule has 132 valence electrons. The first-order chi connectivity index (χ1) is 10.2. The first kappa shape index (κ1) is 20.0. The number of carbonyl (C=O) groups excluding carboxylic acids is 1. The zero-order chi connectivity index (χ0) is 16.4. The van der Waals surface area contributed by atoms with E-state index in [2.05, 4.69) is 15.4 Å². The van der Waals surface area contributed by atoms with Crippen molar-refractivity contribution < 1.29 is 17.6 Å². The Morgan fingerprint density at radius 3 is 2.61 bits per heavy atom. The van der Waals surface area contributed by atoms with E-state index in [4.69, 9.17) is 4.42 Å². The Labute approximate surface area is 143 Å². The lowest BCUT2D eigenvalue weighted by atomic mass is 10.1. The second-order valence-electron chi connectivity index (χ2n) is 6.49. The van der Waals surface area contributed by atoms with E-state index in [1.165, 1.54) is 12.1 Å². The number of hydrogen-bond donors (Lipinski definition) is 3. The van der Waals surface area contributed by atoms with E-state index in [1.807, 2.05) is 0 Å². The van der Waals surface area contributed by atoms with Gasteiger partial charge in [0.15, 0.2) is 5.76 Å². The van der Waals surface area contributed by atoms with Gasteiger partial charge in [-0.2, -0.15) is 0 Å². The third kappa shape index (κ3) is 5.80. The molecule has 0 radical (unpaired) electrons. The SMILES string of the molecule is CC(C)(C)NS(=O)(=O)c1ccc(C(=O)N[C@H]2CCCNC2)o1.Cl. The summed E-state index contributed by atoms with van der Waals surface area (Å²) in [5.41, 5.74) is -0.623. The number of furan rings is 1. The number of piperidine rings is 1. The average Bonchev–Trinajstić information content (AvgIpc) is 2.87. The molecule has 0 saturated carbocycles. The summed E-state index contributed by atoms with van der Waals surface area (Å²) in [5.74, 6) is -0.397. The van der Waals surface area contributed by atoms with E-state index in [0.717, 1.165) is 19.4 Å². The van der Waals surface area contributed by atoms with Gasteiger partial charge in [-0.05, 0) is 52.3 Å². The fourth-order valence-corrected chi connectivity index (χ4v) is 3.62. The number of hydrogen-bond acceptors (Lipinski definition) is 5. The number of nitrogens with one attached hydrogen (secondary N) is 3. The van der Waals surface area contributed by atoms with Crippen LogP contribution in [0.2, 0.25) is 0 Å². The Hall–Kier alpha value is -1.09. The Kier molecular flexibility index (Phi) is 6.64. The summed E-state index contributed by atoms with van der Waals surface area (Å²) in [4.78, 5) is 12.1. The Balaban J connectivity index is 0.00000264. The van der Waals surface area contributed by atoms with Gasteiger partial charge in [-0.25, -0.2) is 13.1 Å². The number of rotatable bonds is 4. The molecule has 0 unspecified atom stereocenters. The molecule has 7 nitrogen and oxygen atoms in total. The van der Waals surface area contributed by atoms with E-state index < -0.39 is 21.5 Å². The maximum absolute atomic E-state index is 12.1. The van der Waals surface area contributed by atoms with Gasteiger partial charge in [-0.15, -0.1) is 12.4 Å². The zero-order valence-electron chi connectivity index (χ0n) is 13.5. The lowest BCUT2D eigenvalue weighted by Crippen LogP contribution is -2.45. The van der Waals surface area contributed by atoms with E-state index in [1.54, 1.807) is 20.8 Å². The summed E-state index contributed by atoms with van der Waals surface area (Å²) in [6.07, 6.45) is 1.90. The molecule has 0 bridgehead atoms. The van der Waals surface area contributed by atoms with Gasteiger partial charge < -0.3 is 15.1 Å². The van der Waals surface area contributed by atoms with Crippen molar-refractivity contribution >= 4 is 28.3 Å². The van der Waals surface area contributed by atoms with E-state index in [0.29, 0.717) is 6.54 Å². The molecule has 2 heterocycles. The lowest BCUT2D eigenvalue weighted by molar-refractivity contribution is 0.0897. The molecule has 0 aliphatic carbocycles. The van der Waals surface area contributed by atoms with Crippen LogP contribution in [0.15, 0.2) is 21.6 Å². The summed E-state index contributed by atoms with van der Waals surface area (Å²) < 4.78 is 32.0. The molecule has 1 aromatic rings. The van der Waals surface area contributed by atoms with Crippen LogP contribution in [-0.4, -0.2) is 39.0 Å². The zero-order valence-corrected chi connectivity index (χ0v) is 15.1. The molecule has 9 heteroatoms. The first-order valence-electron chi connectivity index (χ1n) is 7.33. The van der Waals surface area contributed by atoms with Crippen LogP contribution in [-0.2, 0) is 10.0 Å². The maximum Gasteiger partial charge on any atom is 0.287 e. The van der Waals surface area contributed by atoms with Crippen LogP contribution in [0.1, 0.15) is 44.2 Å². The third-order valence-electron chi connectivity index (χ3n) is 3.14. The number of halogens is 1. The van der Waals surface area contributed by atoms with E-state index in [-0.39, 0.29) is 29.3 Å². The molecule has 23 heavy (non-hydrogen) atoms. The fourth-order valence-electron chi connectivity index (χ4n) is 2.27. The van der Waals surface area contributed by atoms with Gasteiger partial charge in [0.05, 0.1) is 0 Å². The van der Waals surface area contributed by atoms with Crippen molar-refractivity contribution in [2.45, 2.75) is 50.3 Å². The van der Waals surface area contributed by atoms with Gasteiger partial charge in [-0.3, -0.25) is 4.79 Å². The summed E-state index contributed by atoms with van der Waals surface area (Å²) in [5, 5.41) is 5.78. The molecule has 1 atom stereocenters. The van der Waals surface area contributed by atoms with Crippen molar-refractivity contribution in [3.8, 4) is 0 Å². The molecule has 3 N–H and O–H groups in total. The van der Waals surface area contributed by atoms with Gasteiger partial charge in [0, 0.05) is 18.1 Å². The molecule has 1 aliphatic rings. The predicted molar refractivity (Wildman–Crippen MR) is 89.4 cm³/mol. The van der Waals surface area contributed by atoms with Crippen LogP contribution in [0, 0.1) is 0 Å². The van der Waals surface area contributed by atoms with Crippen molar-refractivity contribution in [2.75, 3.05) is 13.1 Å². The number of carbonyl (C=O) groups is 1. The topological polar surface area (TPSA) is 100 Å². The minimum absolute atomic E-state index is 0. The standard InChI is InChI=1S/C14H23N3O4S.ClH/c1-14(2,3)17-22(19,20)12-7-6-11(21-12)13(18)16-10-5-4-8-15-9-10;/h6-7,10,15,17H,4-5,8-9H2,1-3H3,(H,16,18);1H/t10-;/m0./s1. The highest BCUT2D eigenvalue weighted by Gasteiger charge is 2.26. The van der Waals surface area contributed by atoms with Gasteiger partial charge in [0.1, 0.15) is 0 Å². The summed E-state index contributed by atoms with van der Waals surface area (Å²) in [7, 11) is -3.77. The average molecular weight is 366 g/mol. The van der Waals surface area contributed by atoms with Crippen LogP contribution in [0.5, 0.6) is 0 Å². The van der Waals surface area contributed by atoms with Gasteiger partial charge in [0.2, 0.25) is 5.09 Å². The quantitative estimate of drug-likeness (QED) is 0.745. The van der Waals surface area contributed by atoms with Crippen molar-refractivity contribution in [3.05, 3.63) is 17.9 Å². The molecule has 1 aromatic heterocycles. The van der Waals surface area contributed by atoms with Crippen LogP contribution in [0.4, 0.5) is 0 Å².